The molecule has 0 bridgehead atoms. The number of guanidine groups is 1. The minimum absolute atomic E-state index is 0.272. The predicted octanol–water partition coefficient (Wildman–Crippen LogP) is 0.538. The topological polar surface area (TPSA) is 149 Å². The van der Waals surface area contributed by atoms with Gasteiger partial charge in [-0.15, -0.1) is 0 Å². The Bertz CT molecular complexity index is 645. The molecular weight excluding hydrogens is 318 g/mol. The molecule has 0 atom stereocenters. The number of hydrogen-bond acceptors (Lipinski definition) is 9. The van der Waals surface area contributed by atoms with Crippen LogP contribution in [0.3, 0.4) is 0 Å². The van der Waals surface area contributed by atoms with Gasteiger partial charge in [-0.3, -0.25) is 4.99 Å². The third-order valence-electron chi connectivity index (χ3n) is 2.58. The van der Waals surface area contributed by atoms with Crippen molar-refractivity contribution in [3.8, 4) is 6.01 Å². The molecule has 0 aromatic carbocycles. The summed E-state index contributed by atoms with van der Waals surface area (Å²) in [6, 6.07) is 1.96. The van der Waals surface area contributed by atoms with Crippen molar-refractivity contribution in [2.75, 3.05) is 36.1 Å². The van der Waals surface area contributed by atoms with E-state index in [-0.39, 0.29) is 6.01 Å². The second kappa shape index (κ2) is 8.68. The molecule has 0 saturated carbocycles. The fraction of sp³-hybridized carbons (Fsp3) is 0.417. The van der Waals surface area contributed by atoms with Crippen LogP contribution < -0.4 is 26.8 Å². The first-order valence-electron chi connectivity index (χ1n) is 7.03. The van der Waals surface area contributed by atoms with E-state index in [9.17, 15) is 0 Å². The fourth-order valence-electron chi connectivity index (χ4n) is 1.58. The average Bonchev–Trinajstić information content (AvgIpc) is 2.93. The van der Waals surface area contributed by atoms with Gasteiger partial charge in [0.1, 0.15) is 5.82 Å². The van der Waals surface area contributed by atoms with E-state index in [2.05, 4.69) is 34.3 Å². The van der Waals surface area contributed by atoms with E-state index in [1.165, 1.54) is 0 Å². The van der Waals surface area contributed by atoms with Crippen molar-refractivity contribution in [3.63, 3.8) is 0 Å². The molecule has 10 nitrogen and oxygen atoms in total. The summed E-state index contributed by atoms with van der Waals surface area (Å²) in [5, 5.41) is 5.94. The van der Waals surface area contributed by atoms with Gasteiger partial charge in [-0.1, -0.05) is 0 Å². The molecule has 0 unspecified atom stereocenters. The first-order chi connectivity index (χ1) is 11.2. The highest BCUT2D eigenvalue weighted by Crippen LogP contribution is 2.13. The second-order valence-corrected chi connectivity index (χ2v) is 4.86. The van der Waals surface area contributed by atoms with Gasteiger partial charge in [0.05, 0.1) is 18.3 Å². The molecule has 0 amide bonds. The van der Waals surface area contributed by atoms with Crippen LogP contribution in [0.5, 0.6) is 6.01 Å². The van der Waals surface area contributed by atoms with Gasteiger partial charge in [-0.25, -0.2) is 4.98 Å². The number of hydrogen-bond donors (Lipinski definition) is 4. The van der Waals surface area contributed by atoms with Gasteiger partial charge in [-0.05, 0) is 19.4 Å². The second-order valence-electron chi connectivity index (χ2n) is 4.34. The predicted molar refractivity (Wildman–Crippen MR) is 90.7 cm³/mol. The molecule has 0 aliphatic heterocycles. The van der Waals surface area contributed by atoms with Crippen LogP contribution in [0.1, 0.15) is 13.3 Å². The number of nitrogens with two attached hydrogens (primary N) is 2. The molecular formula is C12H19N9OS. The minimum atomic E-state index is 0.272. The molecule has 2 aromatic heterocycles. The third kappa shape index (κ3) is 5.54. The van der Waals surface area contributed by atoms with Crippen LogP contribution in [0.15, 0.2) is 17.3 Å². The van der Waals surface area contributed by atoms with Crippen molar-refractivity contribution in [3.05, 3.63) is 12.3 Å². The van der Waals surface area contributed by atoms with Gasteiger partial charge < -0.3 is 26.8 Å². The zero-order valence-corrected chi connectivity index (χ0v) is 13.5. The molecule has 0 spiro atoms. The Hall–Kier alpha value is -2.69. The highest BCUT2D eigenvalue weighted by Gasteiger charge is 2.04. The van der Waals surface area contributed by atoms with Crippen LogP contribution in [-0.2, 0) is 0 Å². The molecule has 0 aliphatic rings. The van der Waals surface area contributed by atoms with Crippen LogP contribution >= 0.6 is 11.7 Å². The normalized spacial score (nSPS) is 11.3. The van der Waals surface area contributed by atoms with Crippen LogP contribution in [0.2, 0.25) is 0 Å². The van der Waals surface area contributed by atoms with Crippen LogP contribution in [-0.4, -0.2) is 44.4 Å². The van der Waals surface area contributed by atoms with E-state index in [0.717, 1.165) is 18.1 Å². The maximum atomic E-state index is 5.67. The van der Waals surface area contributed by atoms with Crippen LogP contribution in [0, 0.1) is 0 Å². The number of anilines is 3. The quantitative estimate of drug-likeness (QED) is 0.307. The molecule has 23 heavy (non-hydrogen) atoms. The summed E-state index contributed by atoms with van der Waals surface area (Å²) in [5.41, 5.74) is 11.3. The van der Waals surface area contributed by atoms with E-state index in [1.807, 2.05) is 6.92 Å². The number of aromatic nitrogens is 4. The largest absolute Gasteiger partial charge is 0.463 e. The highest BCUT2D eigenvalue weighted by atomic mass is 32.1. The van der Waals surface area contributed by atoms with Crippen molar-refractivity contribution in [1.82, 2.24) is 18.7 Å². The Morgan fingerprint density at radius 1 is 1.43 bits per heavy atom. The number of nitrogen functional groups attached to an aromatic ring is 1. The van der Waals surface area contributed by atoms with Gasteiger partial charge in [0.25, 0.3) is 0 Å². The molecule has 2 rings (SSSR count). The summed E-state index contributed by atoms with van der Waals surface area (Å²) in [7, 11) is 0. The van der Waals surface area contributed by atoms with E-state index in [1.54, 1.807) is 12.3 Å². The minimum Gasteiger partial charge on any atom is -0.463 e. The lowest BCUT2D eigenvalue weighted by Gasteiger charge is -2.07. The summed E-state index contributed by atoms with van der Waals surface area (Å²) >= 11 is 1.07. The smallest absolute Gasteiger partial charge is 0.318 e. The van der Waals surface area contributed by atoms with Gasteiger partial charge in [-0.2, -0.15) is 13.7 Å². The lowest BCUT2D eigenvalue weighted by atomic mass is 10.4. The molecule has 2 aromatic rings. The molecule has 0 aliphatic carbocycles. The molecule has 0 fully saturated rings. The van der Waals surface area contributed by atoms with Gasteiger partial charge in [0.2, 0.25) is 0 Å². The molecule has 6 N–H and O–H groups in total. The summed E-state index contributed by atoms with van der Waals surface area (Å²) in [6.45, 7) is 3.60. The summed E-state index contributed by atoms with van der Waals surface area (Å²) < 4.78 is 13.4. The average molecular weight is 337 g/mol. The van der Waals surface area contributed by atoms with Crippen molar-refractivity contribution in [1.29, 1.82) is 0 Å². The van der Waals surface area contributed by atoms with Crippen molar-refractivity contribution in [2.24, 2.45) is 10.7 Å². The van der Waals surface area contributed by atoms with E-state index >= 15 is 0 Å². The van der Waals surface area contributed by atoms with Gasteiger partial charge in [0, 0.05) is 19.3 Å². The Labute approximate surface area is 137 Å². The fourth-order valence-corrected chi connectivity index (χ4v) is 2.04. The van der Waals surface area contributed by atoms with E-state index < -0.39 is 0 Å². The zero-order chi connectivity index (χ0) is 16.5. The van der Waals surface area contributed by atoms with E-state index in [0.29, 0.717) is 43.1 Å². The summed E-state index contributed by atoms with van der Waals surface area (Å²) in [5.74, 6) is 1.84. The zero-order valence-electron chi connectivity index (χ0n) is 12.7. The first kappa shape index (κ1) is 16.7. The number of nitrogens with zero attached hydrogens (tertiary/aromatic N) is 5. The Morgan fingerprint density at radius 2 is 2.30 bits per heavy atom. The van der Waals surface area contributed by atoms with E-state index in [4.69, 9.17) is 16.2 Å². The maximum absolute atomic E-state index is 5.67. The number of nitrogens with one attached hydrogen (secondary N) is 2. The maximum Gasteiger partial charge on any atom is 0.318 e. The van der Waals surface area contributed by atoms with Gasteiger partial charge >= 0.3 is 6.01 Å². The molecule has 0 saturated heterocycles. The van der Waals surface area contributed by atoms with Gasteiger partial charge in [0.15, 0.2) is 17.6 Å². The summed E-state index contributed by atoms with van der Waals surface area (Å²) in [4.78, 5) is 12.3. The van der Waals surface area contributed by atoms with Crippen molar-refractivity contribution >= 4 is 35.1 Å². The van der Waals surface area contributed by atoms with Crippen LogP contribution in [0.25, 0.3) is 0 Å². The van der Waals surface area contributed by atoms with Crippen molar-refractivity contribution in [2.45, 2.75) is 13.3 Å². The number of ether oxygens (including phenoxy) is 1. The Balaban J connectivity index is 1.73. The molecule has 2 heterocycles. The lowest BCUT2D eigenvalue weighted by Crippen LogP contribution is -2.23. The third-order valence-corrected chi connectivity index (χ3v) is 3.12. The monoisotopic (exact) mass is 337 g/mol. The Morgan fingerprint density at radius 3 is 3.04 bits per heavy atom. The molecule has 124 valence electrons. The number of aliphatic imine (C=N–C) groups is 1. The summed E-state index contributed by atoms with van der Waals surface area (Å²) in [6.07, 6.45) is 2.32. The number of rotatable bonds is 8. The van der Waals surface area contributed by atoms with Crippen LogP contribution in [0.4, 0.5) is 17.5 Å². The van der Waals surface area contributed by atoms with Crippen molar-refractivity contribution < 1.29 is 4.74 Å². The highest BCUT2D eigenvalue weighted by molar-refractivity contribution is 6.99. The standard InChI is InChI=1S/C12H19N9OS/c1-2-15-11(14)18-8-4-6-17-12(19-8)22-7-3-5-16-10-9(13)20-23-21-10/h4,6H,2-3,5,7H2,1H3,(H2,13,20)(H,16,21)(H3,14,15,17,18,19). The first-order valence-corrected chi connectivity index (χ1v) is 7.76. The molecule has 0 radical (unpaired) electrons. The Kier molecular flexibility index (Phi) is 6.29. The lowest BCUT2D eigenvalue weighted by molar-refractivity contribution is 0.290. The SMILES string of the molecule is CCN=C(N)Nc1ccnc(OCCCNc2nsnc2N)n1. The molecule has 11 heteroatoms.